The van der Waals surface area contributed by atoms with Crippen LogP contribution in [0, 0.1) is 5.41 Å². The van der Waals surface area contributed by atoms with E-state index in [1.54, 1.807) is 13.2 Å². The van der Waals surface area contributed by atoms with Crippen molar-refractivity contribution in [3.05, 3.63) is 102 Å². The van der Waals surface area contributed by atoms with Crippen LogP contribution in [0.3, 0.4) is 0 Å². The van der Waals surface area contributed by atoms with Crippen molar-refractivity contribution >= 4 is 22.7 Å². The van der Waals surface area contributed by atoms with Crippen molar-refractivity contribution in [2.24, 2.45) is 5.41 Å². The molecular formula is C29H27N3O2. The zero-order valence-corrected chi connectivity index (χ0v) is 19.2. The maximum Gasteiger partial charge on any atom is 0.253 e. The van der Waals surface area contributed by atoms with Gasteiger partial charge in [-0.3, -0.25) is 14.6 Å². The minimum atomic E-state index is -0.655. The van der Waals surface area contributed by atoms with E-state index >= 15 is 0 Å². The molecule has 1 unspecified atom stereocenters. The fourth-order valence-corrected chi connectivity index (χ4v) is 4.99. The van der Waals surface area contributed by atoms with Gasteiger partial charge in [-0.1, -0.05) is 60.7 Å². The van der Waals surface area contributed by atoms with Crippen LogP contribution in [0.1, 0.15) is 22.3 Å². The van der Waals surface area contributed by atoms with Crippen LogP contribution >= 0.6 is 0 Å². The second kappa shape index (κ2) is 9.10. The average molecular weight is 450 g/mol. The summed E-state index contributed by atoms with van der Waals surface area (Å²) >= 11 is 0. The Kier molecular flexibility index (Phi) is 5.84. The topological polar surface area (TPSA) is 62.3 Å². The van der Waals surface area contributed by atoms with Gasteiger partial charge in [-0.25, -0.2) is 0 Å². The molecule has 1 aliphatic rings. The quantitative estimate of drug-likeness (QED) is 0.479. The molecule has 0 aliphatic carbocycles. The number of carbonyl (C=O) groups is 2. The Hall–Kier alpha value is -3.99. The lowest BCUT2D eigenvalue weighted by atomic mass is 9.79. The second-order valence-electron chi connectivity index (χ2n) is 8.99. The van der Waals surface area contributed by atoms with Crippen LogP contribution in [-0.4, -0.2) is 41.8 Å². The van der Waals surface area contributed by atoms with E-state index in [0.29, 0.717) is 31.5 Å². The highest BCUT2D eigenvalue weighted by Crippen LogP contribution is 2.36. The van der Waals surface area contributed by atoms with Crippen LogP contribution in [0.2, 0.25) is 0 Å². The molecule has 2 amide bonds. The molecule has 0 bridgehead atoms. The van der Waals surface area contributed by atoms with Gasteiger partial charge in [0.05, 0.1) is 10.9 Å². The van der Waals surface area contributed by atoms with E-state index in [2.05, 4.69) is 40.6 Å². The van der Waals surface area contributed by atoms with Crippen LogP contribution in [-0.2, 0) is 11.2 Å². The molecule has 1 saturated heterocycles. The number of pyridine rings is 1. The lowest BCUT2D eigenvalue weighted by Crippen LogP contribution is -2.44. The van der Waals surface area contributed by atoms with Gasteiger partial charge in [-0.2, -0.15) is 0 Å². The molecule has 1 aliphatic heterocycles. The Morgan fingerprint density at radius 2 is 1.76 bits per heavy atom. The molecule has 5 nitrogen and oxygen atoms in total. The SMILES string of the molecule is CNC(=O)C1(Cc2cccc(-c3ccccc3)c2)CCN(C(=O)c2ccc3ncccc3c2)C1. The maximum absolute atomic E-state index is 13.4. The largest absolute Gasteiger partial charge is 0.359 e. The first-order chi connectivity index (χ1) is 16.6. The van der Waals surface area contributed by atoms with Crippen LogP contribution in [0.4, 0.5) is 0 Å². The molecule has 4 aromatic rings. The Morgan fingerprint density at radius 1 is 0.941 bits per heavy atom. The number of nitrogens with zero attached hydrogens (tertiary/aromatic N) is 2. The third-order valence-electron chi connectivity index (χ3n) is 6.78. The van der Waals surface area contributed by atoms with Gasteiger partial charge in [0.1, 0.15) is 0 Å². The Labute approximate surface area is 199 Å². The molecular weight excluding hydrogens is 422 g/mol. The van der Waals surface area contributed by atoms with E-state index in [4.69, 9.17) is 0 Å². The smallest absolute Gasteiger partial charge is 0.253 e. The monoisotopic (exact) mass is 449 g/mol. The Morgan fingerprint density at radius 3 is 2.59 bits per heavy atom. The number of hydrogen-bond donors (Lipinski definition) is 1. The summed E-state index contributed by atoms with van der Waals surface area (Å²) in [6.07, 6.45) is 2.96. The number of amides is 2. The number of benzene rings is 3. The van der Waals surface area contributed by atoms with E-state index in [1.165, 1.54) is 0 Å². The van der Waals surface area contributed by atoms with Crippen molar-refractivity contribution in [2.45, 2.75) is 12.8 Å². The van der Waals surface area contributed by atoms with Gasteiger partial charge in [-0.15, -0.1) is 0 Å². The molecule has 0 radical (unpaired) electrons. The Bertz CT molecular complexity index is 1350. The lowest BCUT2D eigenvalue weighted by molar-refractivity contribution is -0.129. The number of likely N-dealkylation sites (tertiary alicyclic amines) is 1. The van der Waals surface area contributed by atoms with Gasteiger partial charge in [-0.05, 0) is 53.8 Å². The standard InChI is InChI=1S/C29H27N3O2/c1-30-28(34)29(19-21-7-5-10-23(17-21)22-8-3-2-4-9-22)14-16-32(20-29)27(33)25-12-13-26-24(18-25)11-6-15-31-26/h2-13,15,17-18H,14,16,19-20H2,1H3,(H,30,34). The first-order valence-corrected chi connectivity index (χ1v) is 11.6. The first-order valence-electron chi connectivity index (χ1n) is 11.6. The van der Waals surface area contributed by atoms with Gasteiger partial charge < -0.3 is 10.2 Å². The molecule has 5 rings (SSSR count). The number of carbonyl (C=O) groups excluding carboxylic acids is 2. The van der Waals surface area contributed by atoms with E-state index < -0.39 is 5.41 Å². The summed E-state index contributed by atoms with van der Waals surface area (Å²) in [6.45, 7) is 0.946. The second-order valence-corrected chi connectivity index (χ2v) is 8.99. The van der Waals surface area contributed by atoms with Gasteiger partial charge in [0.2, 0.25) is 5.91 Å². The molecule has 5 heteroatoms. The summed E-state index contributed by atoms with van der Waals surface area (Å²) in [5, 5.41) is 3.79. The zero-order valence-electron chi connectivity index (χ0n) is 19.2. The number of nitrogens with one attached hydrogen (secondary N) is 1. The summed E-state index contributed by atoms with van der Waals surface area (Å²) in [6, 6.07) is 28.0. The summed E-state index contributed by atoms with van der Waals surface area (Å²) < 4.78 is 0. The fourth-order valence-electron chi connectivity index (χ4n) is 4.99. The maximum atomic E-state index is 13.4. The molecule has 0 spiro atoms. The van der Waals surface area contributed by atoms with Crippen molar-refractivity contribution in [3.8, 4) is 11.1 Å². The molecule has 1 aromatic heterocycles. The lowest BCUT2D eigenvalue weighted by Gasteiger charge is -2.28. The summed E-state index contributed by atoms with van der Waals surface area (Å²) in [4.78, 5) is 32.6. The first kappa shape index (κ1) is 21.8. The van der Waals surface area contributed by atoms with Crippen LogP contribution in [0.15, 0.2) is 91.1 Å². The van der Waals surface area contributed by atoms with Gasteiger partial charge in [0.25, 0.3) is 5.91 Å². The van der Waals surface area contributed by atoms with Gasteiger partial charge in [0, 0.05) is 37.3 Å². The summed E-state index contributed by atoms with van der Waals surface area (Å²) in [5.41, 5.74) is 4.19. The number of hydrogen-bond acceptors (Lipinski definition) is 3. The minimum absolute atomic E-state index is 0.0179. The molecule has 1 N–H and O–H groups in total. The number of aromatic nitrogens is 1. The molecule has 0 saturated carbocycles. The van der Waals surface area contributed by atoms with Crippen LogP contribution in [0.25, 0.3) is 22.0 Å². The van der Waals surface area contributed by atoms with Gasteiger partial charge >= 0.3 is 0 Å². The summed E-state index contributed by atoms with van der Waals surface area (Å²) in [5.74, 6) is -0.0646. The average Bonchev–Trinajstić information content (AvgIpc) is 3.33. The van der Waals surface area contributed by atoms with Crippen LogP contribution in [0.5, 0.6) is 0 Å². The van der Waals surface area contributed by atoms with Crippen molar-refractivity contribution in [1.82, 2.24) is 15.2 Å². The van der Waals surface area contributed by atoms with E-state index in [-0.39, 0.29) is 11.8 Å². The molecule has 170 valence electrons. The predicted octanol–water partition coefficient (Wildman–Crippen LogP) is 4.72. The van der Waals surface area contributed by atoms with Crippen molar-refractivity contribution in [2.75, 3.05) is 20.1 Å². The van der Waals surface area contributed by atoms with Crippen molar-refractivity contribution < 1.29 is 9.59 Å². The highest BCUT2D eigenvalue weighted by atomic mass is 16.2. The highest BCUT2D eigenvalue weighted by molar-refractivity contribution is 5.98. The van der Waals surface area contributed by atoms with E-state index in [1.807, 2.05) is 59.5 Å². The van der Waals surface area contributed by atoms with Gasteiger partial charge in [0.15, 0.2) is 0 Å². The molecule has 3 aromatic carbocycles. The molecule has 34 heavy (non-hydrogen) atoms. The van der Waals surface area contributed by atoms with E-state index in [0.717, 1.165) is 27.6 Å². The zero-order chi connectivity index (χ0) is 23.5. The normalized spacial score (nSPS) is 17.6. The van der Waals surface area contributed by atoms with E-state index in [9.17, 15) is 9.59 Å². The number of fused-ring (bicyclic) bond motifs is 1. The Balaban J connectivity index is 1.40. The highest BCUT2D eigenvalue weighted by Gasteiger charge is 2.45. The molecule has 2 heterocycles. The van der Waals surface area contributed by atoms with Crippen molar-refractivity contribution in [3.63, 3.8) is 0 Å². The minimum Gasteiger partial charge on any atom is -0.359 e. The number of rotatable bonds is 5. The molecule has 1 atom stereocenters. The fraction of sp³-hybridized carbons (Fsp3) is 0.207. The predicted molar refractivity (Wildman–Crippen MR) is 134 cm³/mol. The third kappa shape index (κ3) is 4.17. The van der Waals surface area contributed by atoms with Crippen molar-refractivity contribution in [1.29, 1.82) is 0 Å². The molecule has 1 fully saturated rings. The van der Waals surface area contributed by atoms with Crippen LogP contribution < -0.4 is 5.32 Å². The third-order valence-corrected chi connectivity index (χ3v) is 6.78. The summed E-state index contributed by atoms with van der Waals surface area (Å²) in [7, 11) is 1.67.